The molecule has 5 nitrogen and oxygen atoms in total. The first-order valence-corrected chi connectivity index (χ1v) is 5.25. The lowest BCUT2D eigenvalue weighted by Crippen LogP contribution is -2.33. The predicted octanol–water partition coefficient (Wildman–Crippen LogP) is 1.26. The molecule has 1 aromatic carbocycles. The number of benzene rings is 1. The third-order valence-electron chi connectivity index (χ3n) is 2.44. The van der Waals surface area contributed by atoms with Crippen LogP contribution in [0.3, 0.4) is 0 Å². The quantitative estimate of drug-likeness (QED) is 0.742. The van der Waals surface area contributed by atoms with Crippen molar-refractivity contribution in [3.63, 3.8) is 0 Å². The first-order chi connectivity index (χ1) is 8.24. The second kappa shape index (κ2) is 5.05. The first-order valence-electron chi connectivity index (χ1n) is 5.25. The zero-order chi connectivity index (χ0) is 12.3. The molecule has 1 heterocycles. The zero-order valence-electron chi connectivity index (χ0n) is 9.76. The Morgan fingerprint density at radius 3 is 2.94 bits per heavy atom. The molecule has 1 aliphatic rings. The molecule has 0 aromatic heterocycles. The molecule has 0 bridgehead atoms. The molecule has 0 aliphatic carbocycles. The number of hydrogen-bond acceptors (Lipinski definition) is 5. The highest BCUT2D eigenvalue weighted by Gasteiger charge is 2.22. The van der Waals surface area contributed by atoms with Gasteiger partial charge in [-0.15, -0.1) is 0 Å². The molecule has 17 heavy (non-hydrogen) atoms. The SMILES string of the molecule is COC[C@H]1COc2ccc(C(=O)OC)cc2O1. The highest BCUT2D eigenvalue weighted by molar-refractivity contribution is 5.90. The number of ether oxygens (including phenoxy) is 4. The molecule has 0 N–H and O–H groups in total. The van der Waals surface area contributed by atoms with Crippen LogP contribution in [0.1, 0.15) is 10.4 Å². The van der Waals surface area contributed by atoms with E-state index in [-0.39, 0.29) is 6.10 Å². The fourth-order valence-corrected chi connectivity index (χ4v) is 1.63. The minimum atomic E-state index is -0.398. The summed E-state index contributed by atoms with van der Waals surface area (Å²) in [4.78, 5) is 11.4. The number of methoxy groups -OCH3 is 2. The van der Waals surface area contributed by atoms with Gasteiger partial charge in [0.1, 0.15) is 6.61 Å². The Morgan fingerprint density at radius 1 is 1.41 bits per heavy atom. The Morgan fingerprint density at radius 2 is 2.24 bits per heavy atom. The molecule has 1 atom stereocenters. The summed E-state index contributed by atoms with van der Waals surface area (Å²) in [5, 5.41) is 0. The molecule has 0 saturated carbocycles. The van der Waals surface area contributed by atoms with Crippen LogP contribution in [0.2, 0.25) is 0 Å². The van der Waals surface area contributed by atoms with Gasteiger partial charge in [-0.25, -0.2) is 4.79 Å². The average molecular weight is 238 g/mol. The van der Waals surface area contributed by atoms with Gasteiger partial charge in [-0.1, -0.05) is 0 Å². The van der Waals surface area contributed by atoms with Crippen molar-refractivity contribution in [1.82, 2.24) is 0 Å². The Kier molecular flexibility index (Phi) is 3.49. The zero-order valence-corrected chi connectivity index (χ0v) is 9.76. The number of carbonyl (C=O) groups is 1. The average Bonchev–Trinajstić information content (AvgIpc) is 2.37. The lowest BCUT2D eigenvalue weighted by molar-refractivity contribution is 0.0270. The van der Waals surface area contributed by atoms with Crippen molar-refractivity contribution in [2.75, 3.05) is 27.4 Å². The molecule has 0 radical (unpaired) electrons. The van der Waals surface area contributed by atoms with Gasteiger partial charge < -0.3 is 18.9 Å². The highest BCUT2D eigenvalue weighted by Crippen LogP contribution is 2.32. The fourth-order valence-electron chi connectivity index (χ4n) is 1.63. The van der Waals surface area contributed by atoms with E-state index in [4.69, 9.17) is 14.2 Å². The maximum absolute atomic E-state index is 11.4. The first kappa shape index (κ1) is 11.7. The van der Waals surface area contributed by atoms with E-state index in [0.29, 0.717) is 30.3 Å². The monoisotopic (exact) mass is 238 g/mol. The molecular weight excluding hydrogens is 224 g/mol. The molecular formula is C12H14O5. The number of hydrogen-bond donors (Lipinski definition) is 0. The van der Waals surface area contributed by atoms with Gasteiger partial charge in [-0.05, 0) is 18.2 Å². The summed E-state index contributed by atoms with van der Waals surface area (Å²) in [6.45, 7) is 0.889. The molecule has 92 valence electrons. The number of esters is 1. The minimum Gasteiger partial charge on any atom is -0.486 e. The number of carbonyl (C=O) groups excluding carboxylic acids is 1. The summed E-state index contributed by atoms with van der Waals surface area (Å²) in [6.07, 6.45) is -0.152. The van der Waals surface area contributed by atoms with Crippen molar-refractivity contribution >= 4 is 5.97 Å². The number of rotatable bonds is 3. The summed E-state index contributed by atoms with van der Waals surface area (Å²) in [5.74, 6) is 0.775. The van der Waals surface area contributed by atoms with Gasteiger partial charge >= 0.3 is 5.97 Å². The predicted molar refractivity (Wildman–Crippen MR) is 59.6 cm³/mol. The second-order valence-electron chi connectivity index (χ2n) is 3.66. The van der Waals surface area contributed by atoms with E-state index in [9.17, 15) is 4.79 Å². The summed E-state index contributed by atoms with van der Waals surface area (Å²) >= 11 is 0. The van der Waals surface area contributed by atoms with E-state index in [1.54, 1.807) is 25.3 Å². The largest absolute Gasteiger partial charge is 0.486 e. The highest BCUT2D eigenvalue weighted by atomic mass is 16.6. The lowest BCUT2D eigenvalue weighted by atomic mass is 10.2. The van der Waals surface area contributed by atoms with Gasteiger partial charge in [0.2, 0.25) is 0 Å². The van der Waals surface area contributed by atoms with E-state index in [1.165, 1.54) is 7.11 Å². The van der Waals surface area contributed by atoms with Crippen LogP contribution in [0.25, 0.3) is 0 Å². The summed E-state index contributed by atoms with van der Waals surface area (Å²) in [6, 6.07) is 4.96. The van der Waals surface area contributed by atoms with Crippen LogP contribution >= 0.6 is 0 Å². The van der Waals surface area contributed by atoms with E-state index >= 15 is 0 Å². The Bertz CT molecular complexity index is 415. The van der Waals surface area contributed by atoms with Crippen LogP contribution in [0.4, 0.5) is 0 Å². The molecule has 5 heteroatoms. The minimum absolute atomic E-state index is 0.152. The molecule has 0 spiro atoms. The van der Waals surface area contributed by atoms with Crippen molar-refractivity contribution in [1.29, 1.82) is 0 Å². The molecule has 1 aliphatic heterocycles. The van der Waals surface area contributed by atoms with Gasteiger partial charge in [0.15, 0.2) is 17.6 Å². The molecule has 0 saturated heterocycles. The molecule has 0 unspecified atom stereocenters. The van der Waals surface area contributed by atoms with Crippen LogP contribution in [0, 0.1) is 0 Å². The Hall–Kier alpha value is -1.75. The van der Waals surface area contributed by atoms with Crippen LogP contribution in [0.5, 0.6) is 11.5 Å². The van der Waals surface area contributed by atoms with Gasteiger partial charge in [-0.2, -0.15) is 0 Å². The maximum atomic E-state index is 11.4. The smallest absolute Gasteiger partial charge is 0.337 e. The lowest BCUT2D eigenvalue weighted by Gasteiger charge is -2.26. The van der Waals surface area contributed by atoms with E-state index in [0.717, 1.165) is 0 Å². The Labute approximate surface area is 99.2 Å². The van der Waals surface area contributed by atoms with Crippen molar-refractivity contribution in [3.8, 4) is 11.5 Å². The number of fused-ring (bicyclic) bond motifs is 1. The summed E-state index contributed by atoms with van der Waals surface area (Å²) in [7, 11) is 2.94. The van der Waals surface area contributed by atoms with Crippen LogP contribution < -0.4 is 9.47 Å². The van der Waals surface area contributed by atoms with Crippen molar-refractivity contribution in [2.45, 2.75) is 6.10 Å². The van der Waals surface area contributed by atoms with Crippen LogP contribution in [0.15, 0.2) is 18.2 Å². The standard InChI is InChI=1S/C12H14O5/c1-14-6-9-7-16-10-4-3-8(12(13)15-2)5-11(10)17-9/h3-5,9H,6-7H2,1-2H3/t9-/m0/s1. The Balaban J connectivity index is 2.20. The molecule has 1 aromatic rings. The fraction of sp³-hybridized carbons (Fsp3) is 0.417. The molecule has 2 rings (SSSR count). The van der Waals surface area contributed by atoms with Crippen molar-refractivity contribution < 1.29 is 23.7 Å². The maximum Gasteiger partial charge on any atom is 0.337 e. The third kappa shape index (κ3) is 2.50. The molecule has 0 amide bonds. The van der Waals surface area contributed by atoms with Crippen molar-refractivity contribution in [3.05, 3.63) is 23.8 Å². The van der Waals surface area contributed by atoms with Gasteiger partial charge in [0.25, 0.3) is 0 Å². The van der Waals surface area contributed by atoms with Gasteiger partial charge in [0, 0.05) is 7.11 Å². The summed E-state index contributed by atoms with van der Waals surface area (Å²) in [5.41, 5.74) is 0.438. The molecule has 0 fully saturated rings. The van der Waals surface area contributed by atoms with Crippen molar-refractivity contribution in [2.24, 2.45) is 0 Å². The normalized spacial score (nSPS) is 17.6. The van der Waals surface area contributed by atoms with E-state index in [1.807, 2.05) is 0 Å². The third-order valence-corrected chi connectivity index (χ3v) is 2.44. The van der Waals surface area contributed by atoms with Gasteiger partial charge in [0.05, 0.1) is 19.3 Å². The second-order valence-corrected chi connectivity index (χ2v) is 3.66. The summed E-state index contributed by atoms with van der Waals surface area (Å²) < 4.78 is 20.8. The van der Waals surface area contributed by atoms with E-state index in [2.05, 4.69) is 4.74 Å². The van der Waals surface area contributed by atoms with Crippen LogP contribution in [-0.2, 0) is 9.47 Å². The topological polar surface area (TPSA) is 54.0 Å². The van der Waals surface area contributed by atoms with Crippen LogP contribution in [-0.4, -0.2) is 39.5 Å². The van der Waals surface area contributed by atoms with E-state index < -0.39 is 5.97 Å². The van der Waals surface area contributed by atoms with Gasteiger partial charge in [-0.3, -0.25) is 0 Å².